The summed E-state index contributed by atoms with van der Waals surface area (Å²) in [6.45, 7) is 3.44. The smallest absolute Gasteiger partial charge is 0.0974 e. The lowest BCUT2D eigenvalue weighted by Crippen LogP contribution is -2.58. The van der Waals surface area contributed by atoms with Crippen LogP contribution in [0.2, 0.25) is 0 Å². The second-order valence-electron chi connectivity index (χ2n) is 4.12. The van der Waals surface area contributed by atoms with E-state index in [-0.39, 0.29) is 6.10 Å². The molecular formula is C9H20N2O3. The van der Waals surface area contributed by atoms with Gasteiger partial charge in [0.2, 0.25) is 0 Å². The maximum absolute atomic E-state index is 9.45. The van der Waals surface area contributed by atoms with Gasteiger partial charge in [-0.15, -0.1) is 0 Å². The minimum Gasteiger partial charge on any atom is -0.393 e. The number of nitrogens with zero attached hydrogens (tertiary/aromatic N) is 1. The monoisotopic (exact) mass is 204 g/mol. The van der Waals surface area contributed by atoms with Crippen LogP contribution in [0.25, 0.3) is 0 Å². The molecular weight excluding hydrogens is 184 g/mol. The first-order valence-corrected chi connectivity index (χ1v) is 5.03. The van der Waals surface area contributed by atoms with E-state index in [0.717, 1.165) is 0 Å². The Hall–Kier alpha value is -0.200. The highest BCUT2D eigenvalue weighted by Gasteiger charge is 2.31. The number of nitrogens with two attached hydrogens (primary N) is 1. The molecule has 1 aliphatic rings. The first-order valence-electron chi connectivity index (χ1n) is 5.03. The van der Waals surface area contributed by atoms with Gasteiger partial charge in [-0.25, -0.2) is 0 Å². The predicted octanol–water partition coefficient (Wildman–Crippen LogP) is -1.88. The maximum Gasteiger partial charge on any atom is 0.0974 e. The number of likely N-dealkylation sites (tertiary alicyclic amines) is 1. The zero-order chi connectivity index (χ0) is 10.7. The van der Waals surface area contributed by atoms with Crippen LogP contribution in [-0.2, 0) is 0 Å². The van der Waals surface area contributed by atoms with E-state index < -0.39 is 18.2 Å². The van der Waals surface area contributed by atoms with Gasteiger partial charge in [0.1, 0.15) is 0 Å². The Balaban J connectivity index is 2.34. The summed E-state index contributed by atoms with van der Waals surface area (Å²) in [7, 11) is 0. The fourth-order valence-electron chi connectivity index (χ4n) is 1.69. The summed E-state index contributed by atoms with van der Waals surface area (Å²) < 4.78 is 0. The van der Waals surface area contributed by atoms with E-state index in [2.05, 4.69) is 0 Å². The number of hydrogen-bond donors (Lipinski definition) is 4. The molecule has 5 nitrogen and oxygen atoms in total. The van der Waals surface area contributed by atoms with Gasteiger partial charge in [-0.3, -0.25) is 4.90 Å². The molecule has 5 heteroatoms. The summed E-state index contributed by atoms with van der Waals surface area (Å²) in [6, 6.07) is -0.396. The summed E-state index contributed by atoms with van der Waals surface area (Å²) in [5.74, 6) is 0. The molecule has 14 heavy (non-hydrogen) atoms. The summed E-state index contributed by atoms with van der Waals surface area (Å²) >= 11 is 0. The molecule has 4 atom stereocenters. The summed E-state index contributed by atoms with van der Waals surface area (Å²) in [5, 5.41) is 27.9. The Morgan fingerprint density at radius 2 is 2.07 bits per heavy atom. The van der Waals surface area contributed by atoms with Crippen molar-refractivity contribution in [2.45, 2.75) is 37.7 Å². The molecule has 1 aliphatic heterocycles. The van der Waals surface area contributed by atoms with E-state index in [9.17, 15) is 10.2 Å². The van der Waals surface area contributed by atoms with Gasteiger partial charge in [-0.1, -0.05) is 0 Å². The van der Waals surface area contributed by atoms with E-state index >= 15 is 0 Å². The van der Waals surface area contributed by atoms with Crippen LogP contribution in [-0.4, -0.2) is 64.2 Å². The van der Waals surface area contributed by atoms with Crippen molar-refractivity contribution >= 4 is 0 Å². The fraction of sp³-hybridized carbons (Fsp3) is 1.00. The van der Waals surface area contributed by atoms with Gasteiger partial charge in [0.15, 0.2) is 0 Å². The molecule has 84 valence electrons. The largest absolute Gasteiger partial charge is 0.393 e. The van der Waals surface area contributed by atoms with Gasteiger partial charge < -0.3 is 21.1 Å². The van der Waals surface area contributed by atoms with Crippen molar-refractivity contribution in [2.24, 2.45) is 5.73 Å². The molecule has 0 bridgehead atoms. The molecule has 5 N–H and O–H groups in total. The van der Waals surface area contributed by atoms with Gasteiger partial charge in [0, 0.05) is 25.7 Å². The van der Waals surface area contributed by atoms with E-state index in [0.29, 0.717) is 26.1 Å². The van der Waals surface area contributed by atoms with Gasteiger partial charge in [-0.2, -0.15) is 0 Å². The number of piperidine rings is 1. The van der Waals surface area contributed by atoms with Crippen LogP contribution in [0.1, 0.15) is 13.3 Å². The van der Waals surface area contributed by atoms with Crippen LogP contribution in [0.3, 0.4) is 0 Å². The second kappa shape index (κ2) is 5.04. The molecule has 0 unspecified atom stereocenters. The molecule has 0 radical (unpaired) electrons. The Labute approximate surface area is 84.1 Å². The first-order chi connectivity index (χ1) is 6.50. The first kappa shape index (κ1) is 11.9. The minimum absolute atomic E-state index is 0.338. The Morgan fingerprint density at radius 1 is 1.43 bits per heavy atom. The van der Waals surface area contributed by atoms with Crippen molar-refractivity contribution < 1.29 is 15.3 Å². The Bertz CT molecular complexity index is 165. The van der Waals surface area contributed by atoms with Crippen LogP contribution in [0.4, 0.5) is 0 Å². The van der Waals surface area contributed by atoms with Crippen molar-refractivity contribution in [1.82, 2.24) is 4.90 Å². The molecule has 0 aliphatic carbocycles. The highest BCUT2D eigenvalue weighted by atomic mass is 16.3. The number of hydrogen-bond acceptors (Lipinski definition) is 5. The normalized spacial score (nSPS) is 37.1. The Kier molecular flexibility index (Phi) is 4.28. The lowest BCUT2D eigenvalue weighted by Gasteiger charge is -2.37. The average Bonchev–Trinajstić information content (AvgIpc) is 2.10. The molecule has 1 fully saturated rings. The number of aliphatic hydroxyl groups is 3. The third kappa shape index (κ3) is 3.18. The lowest BCUT2D eigenvalue weighted by molar-refractivity contribution is -0.0518. The van der Waals surface area contributed by atoms with Crippen LogP contribution in [0.15, 0.2) is 0 Å². The summed E-state index contributed by atoms with van der Waals surface area (Å²) in [4.78, 5) is 1.97. The molecule has 1 heterocycles. The summed E-state index contributed by atoms with van der Waals surface area (Å²) in [6.07, 6.45) is -1.27. The highest BCUT2D eigenvalue weighted by molar-refractivity contribution is 4.88. The number of β-amino-alcohol motifs (C(OH)–C–C–N with tert-alkyl or cyclic N) is 1. The maximum atomic E-state index is 9.45. The van der Waals surface area contributed by atoms with E-state index in [4.69, 9.17) is 10.8 Å². The highest BCUT2D eigenvalue weighted by Crippen LogP contribution is 2.10. The summed E-state index contributed by atoms with van der Waals surface area (Å²) in [5.41, 5.74) is 5.65. The second-order valence-corrected chi connectivity index (χ2v) is 4.12. The average molecular weight is 204 g/mol. The van der Waals surface area contributed by atoms with Crippen molar-refractivity contribution in [3.8, 4) is 0 Å². The SMILES string of the molecule is C[C@@H](O)CCN1C[C@@H](O)[C@H](O)[C@@H](N)C1. The molecule has 1 saturated heterocycles. The third-order valence-electron chi connectivity index (χ3n) is 2.61. The quantitative estimate of drug-likeness (QED) is 0.432. The molecule has 0 aromatic carbocycles. The van der Waals surface area contributed by atoms with E-state index in [1.165, 1.54) is 0 Å². The van der Waals surface area contributed by atoms with E-state index in [1.54, 1.807) is 6.92 Å². The lowest BCUT2D eigenvalue weighted by atomic mass is 10.00. The number of rotatable bonds is 3. The Morgan fingerprint density at radius 3 is 2.57 bits per heavy atom. The fourth-order valence-corrected chi connectivity index (χ4v) is 1.69. The molecule has 0 amide bonds. The standard InChI is InChI=1S/C9H20N2O3/c1-6(12)2-3-11-4-7(10)9(14)8(13)5-11/h6-9,12-14H,2-5,10H2,1H3/t6-,7+,8-,9-/m1/s1. The van der Waals surface area contributed by atoms with Gasteiger partial charge >= 0.3 is 0 Å². The van der Waals surface area contributed by atoms with Crippen LogP contribution >= 0.6 is 0 Å². The van der Waals surface area contributed by atoms with Gasteiger partial charge in [0.05, 0.1) is 18.3 Å². The molecule has 0 aromatic heterocycles. The molecule has 0 saturated carbocycles. The molecule has 0 spiro atoms. The van der Waals surface area contributed by atoms with E-state index in [1.807, 2.05) is 4.90 Å². The zero-order valence-electron chi connectivity index (χ0n) is 8.50. The topological polar surface area (TPSA) is 90.0 Å². The van der Waals surface area contributed by atoms with Crippen molar-refractivity contribution in [3.63, 3.8) is 0 Å². The zero-order valence-corrected chi connectivity index (χ0v) is 8.50. The predicted molar refractivity (Wildman–Crippen MR) is 52.7 cm³/mol. The number of aliphatic hydroxyl groups excluding tert-OH is 3. The van der Waals surface area contributed by atoms with Gasteiger partial charge in [0.25, 0.3) is 0 Å². The van der Waals surface area contributed by atoms with Crippen molar-refractivity contribution in [1.29, 1.82) is 0 Å². The van der Waals surface area contributed by atoms with Crippen LogP contribution in [0.5, 0.6) is 0 Å². The van der Waals surface area contributed by atoms with Crippen LogP contribution in [0, 0.1) is 0 Å². The van der Waals surface area contributed by atoms with Crippen LogP contribution < -0.4 is 5.73 Å². The minimum atomic E-state index is -0.821. The molecule has 0 aromatic rings. The third-order valence-corrected chi connectivity index (χ3v) is 2.61. The van der Waals surface area contributed by atoms with Crippen molar-refractivity contribution in [3.05, 3.63) is 0 Å². The van der Waals surface area contributed by atoms with Crippen molar-refractivity contribution in [2.75, 3.05) is 19.6 Å². The van der Waals surface area contributed by atoms with Gasteiger partial charge in [-0.05, 0) is 13.3 Å². The molecule has 1 rings (SSSR count).